The Morgan fingerprint density at radius 3 is 2.65 bits per heavy atom. The van der Waals surface area contributed by atoms with Gasteiger partial charge in [-0.2, -0.15) is 0 Å². The van der Waals surface area contributed by atoms with Crippen molar-refractivity contribution in [3.63, 3.8) is 0 Å². The molecule has 1 amide bonds. The first-order valence-corrected chi connectivity index (χ1v) is 6.78. The number of nitrogens with zero attached hydrogens (tertiary/aromatic N) is 2. The lowest BCUT2D eigenvalue weighted by Gasteiger charge is -2.07. The summed E-state index contributed by atoms with van der Waals surface area (Å²) in [5, 5.41) is 2.92. The summed E-state index contributed by atoms with van der Waals surface area (Å²) >= 11 is 0. The zero-order chi connectivity index (χ0) is 14.2. The molecule has 5 nitrogen and oxygen atoms in total. The van der Waals surface area contributed by atoms with Gasteiger partial charge in [0.15, 0.2) is 0 Å². The van der Waals surface area contributed by atoms with Crippen molar-refractivity contribution in [2.45, 2.75) is 25.9 Å². The van der Waals surface area contributed by atoms with Crippen LogP contribution in [0.5, 0.6) is 0 Å². The lowest BCUT2D eigenvalue weighted by Crippen LogP contribution is -2.23. The monoisotopic (exact) mass is 272 g/mol. The van der Waals surface area contributed by atoms with Crippen LogP contribution in [0, 0.1) is 0 Å². The second-order valence-corrected chi connectivity index (χ2v) is 4.68. The van der Waals surface area contributed by atoms with Gasteiger partial charge in [0, 0.05) is 31.9 Å². The van der Waals surface area contributed by atoms with Crippen molar-refractivity contribution in [1.82, 2.24) is 14.9 Å². The van der Waals surface area contributed by atoms with Crippen molar-refractivity contribution in [1.29, 1.82) is 0 Å². The number of imidazole rings is 1. The molecule has 106 valence electrons. The van der Waals surface area contributed by atoms with Crippen LogP contribution in [0.3, 0.4) is 0 Å². The quantitative estimate of drug-likeness (QED) is 0.792. The number of aromatic nitrogens is 2. The highest BCUT2D eigenvalue weighted by Gasteiger charge is 2.02. The first kappa shape index (κ1) is 14.3. The van der Waals surface area contributed by atoms with Gasteiger partial charge in [0.1, 0.15) is 0 Å². The molecule has 0 aliphatic rings. The van der Waals surface area contributed by atoms with Gasteiger partial charge in [0.05, 0.1) is 6.33 Å². The maximum atomic E-state index is 11.7. The molecule has 0 aliphatic carbocycles. The number of carbonyl (C=O) groups is 1. The van der Waals surface area contributed by atoms with Gasteiger partial charge in [0.2, 0.25) is 5.91 Å². The molecule has 0 spiro atoms. The fourth-order valence-corrected chi connectivity index (χ4v) is 1.93. The van der Waals surface area contributed by atoms with E-state index in [1.165, 1.54) is 5.56 Å². The summed E-state index contributed by atoms with van der Waals surface area (Å²) in [5.74, 6) is 0.0461. The van der Waals surface area contributed by atoms with Crippen LogP contribution in [-0.2, 0) is 24.3 Å². The molecule has 0 atom stereocenters. The highest BCUT2D eigenvalue weighted by Crippen LogP contribution is 2.04. The first-order valence-electron chi connectivity index (χ1n) is 6.78. The van der Waals surface area contributed by atoms with Crippen LogP contribution < -0.4 is 11.1 Å². The summed E-state index contributed by atoms with van der Waals surface area (Å²) in [6, 6.07) is 8.17. The maximum Gasteiger partial charge on any atom is 0.222 e. The molecule has 2 rings (SSSR count). The number of hydrogen-bond donors (Lipinski definition) is 2. The van der Waals surface area contributed by atoms with E-state index in [1.54, 1.807) is 12.5 Å². The molecule has 20 heavy (non-hydrogen) atoms. The van der Waals surface area contributed by atoms with Gasteiger partial charge in [-0.05, 0) is 24.1 Å². The SMILES string of the molecule is NCCc1ccc(CNC(=O)CCn2ccnc2)cc1. The fraction of sp³-hybridized carbons (Fsp3) is 0.333. The third-order valence-electron chi connectivity index (χ3n) is 3.10. The zero-order valence-corrected chi connectivity index (χ0v) is 11.5. The average Bonchev–Trinajstić information content (AvgIpc) is 2.98. The van der Waals surface area contributed by atoms with E-state index in [1.807, 2.05) is 22.9 Å². The summed E-state index contributed by atoms with van der Waals surface area (Å²) in [6.07, 6.45) is 6.62. The number of carbonyl (C=O) groups excluding carboxylic acids is 1. The Kier molecular flexibility index (Phi) is 5.32. The minimum Gasteiger partial charge on any atom is -0.352 e. The summed E-state index contributed by atoms with van der Waals surface area (Å²) in [7, 11) is 0. The Balaban J connectivity index is 1.72. The van der Waals surface area contributed by atoms with Crippen LogP contribution in [0.2, 0.25) is 0 Å². The standard InChI is InChI=1S/C15H20N4O/c16-7-5-13-1-3-14(4-2-13)11-18-15(20)6-9-19-10-8-17-12-19/h1-4,8,10,12H,5-7,9,11,16H2,(H,18,20). The molecule has 0 fully saturated rings. The van der Waals surface area contributed by atoms with E-state index in [0.29, 0.717) is 26.1 Å². The molecule has 0 aliphatic heterocycles. The van der Waals surface area contributed by atoms with Crippen LogP contribution in [0.4, 0.5) is 0 Å². The van der Waals surface area contributed by atoms with Gasteiger partial charge in [-0.1, -0.05) is 24.3 Å². The van der Waals surface area contributed by atoms with Gasteiger partial charge < -0.3 is 15.6 Å². The predicted octanol–water partition coefficient (Wildman–Crippen LogP) is 1.09. The van der Waals surface area contributed by atoms with Gasteiger partial charge in [-0.15, -0.1) is 0 Å². The molecule has 5 heteroatoms. The van der Waals surface area contributed by atoms with Crippen LogP contribution >= 0.6 is 0 Å². The van der Waals surface area contributed by atoms with E-state index in [2.05, 4.69) is 22.4 Å². The number of benzene rings is 1. The summed E-state index contributed by atoms with van der Waals surface area (Å²) in [4.78, 5) is 15.7. The van der Waals surface area contributed by atoms with E-state index in [0.717, 1.165) is 12.0 Å². The number of nitrogens with two attached hydrogens (primary N) is 1. The Hall–Kier alpha value is -2.14. The van der Waals surface area contributed by atoms with Crippen molar-refractivity contribution < 1.29 is 4.79 Å². The normalized spacial score (nSPS) is 10.4. The molecular formula is C15H20N4O. The van der Waals surface area contributed by atoms with Crippen LogP contribution in [0.1, 0.15) is 17.5 Å². The second-order valence-electron chi connectivity index (χ2n) is 4.68. The predicted molar refractivity (Wildman–Crippen MR) is 77.9 cm³/mol. The van der Waals surface area contributed by atoms with Crippen molar-refractivity contribution in [2.24, 2.45) is 5.73 Å². The third kappa shape index (κ3) is 4.51. The van der Waals surface area contributed by atoms with E-state index < -0.39 is 0 Å². The van der Waals surface area contributed by atoms with Crippen LogP contribution in [0.15, 0.2) is 43.0 Å². The molecule has 0 unspecified atom stereocenters. The Morgan fingerprint density at radius 1 is 1.25 bits per heavy atom. The highest BCUT2D eigenvalue weighted by atomic mass is 16.1. The number of nitrogens with one attached hydrogen (secondary N) is 1. The Morgan fingerprint density at radius 2 is 2.00 bits per heavy atom. The molecule has 0 saturated heterocycles. The molecule has 2 aromatic rings. The molecule has 1 heterocycles. The van der Waals surface area contributed by atoms with Crippen molar-refractivity contribution in [3.8, 4) is 0 Å². The number of hydrogen-bond acceptors (Lipinski definition) is 3. The molecule has 0 radical (unpaired) electrons. The Bertz CT molecular complexity index is 519. The van der Waals surface area contributed by atoms with Crippen LogP contribution in [0.25, 0.3) is 0 Å². The Labute approximate surface area is 118 Å². The van der Waals surface area contributed by atoms with E-state index >= 15 is 0 Å². The van der Waals surface area contributed by atoms with E-state index in [4.69, 9.17) is 5.73 Å². The molecule has 0 bridgehead atoms. The van der Waals surface area contributed by atoms with Gasteiger partial charge in [0.25, 0.3) is 0 Å². The molecular weight excluding hydrogens is 252 g/mol. The molecule has 1 aromatic heterocycles. The third-order valence-corrected chi connectivity index (χ3v) is 3.10. The second kappa shape index (κ2) is 7.45. The number of rotatable bonds is 7. The lowest BCUT2D eigenvalue weighted by molar-refractivity contribution is -0.121. The summed E-state index contributed by atoms with van der Waals surface area (Å²) in [6.45, 7) is 1.87. The van der Waals surface area contributed by atoms with E-state index in [9.17, 15) is 4.79 Å². The van der Waals surface area contributed by atoms with Gasteiger partial charge >= 0.3 is 0 Å². The van der Waals surface area contributed by atoms with E-state index in [-0.39, 0.29) is 5.91 Å². The fourth-order valence-electron chi connectivity index (χ4n) is 1.93. The molecule has 3 N–H and O–H groups in total. The lowest BCUT2D eigenvalue weighted by atomic mass is 10.1. The maximum absolute atomic E-state index is 11.7. The first-order chi connectivity index (χ1) is 9.78. The summed E-state index contributed by atoms with van der Waals surface area (Å²) in [5.41, 5.74) is 7.83. The minimum absolute atomic E-state index is 0.0461. The highest BCUT2D eigenvalue weighted by molar-refractivity contribution is 5.75. The van der Waals surface area contributed by atoms with Gasteiger partial charge in [-0.3, -0.25) is 4.79 Å². The number of aryl methyl sites for hydroxylation is 1. The molecule has 1 aromatic carbocycles. The zero-order valence-electron chi connectivity index (χ0n) is 11.5. The molecule has 0 saturated carbocycles. The largest absolute Gasteiger partial charge is 0.352 e. The minimum atomic E-state index is 0.0461. The number of amides is 1. The van der Waals surface area contributed by atoms with Crippen molar-refractivity contribution in [3.05, 3.63) is 54.1 Å². The van der Waals surface area contributed by atoms with Crippen molar-refractivity contribution >= 4 is 5.91 Å². The smallest absolute Gasteiger partial charge is 0.222 e. The van der Waals surface area contributed by atoms with Crippen molar-refractivity contribution in [2.75, 3.05) is 6.54 Å². The topological polar surface area (TPSA) is 72.9 Å². The summed E-state index contributed by atoms with van der Waals surface area (Å²) < 4.78 is 1.89. The van der Waals surface area contributed by atoms with Gasteiger partial charge in [-0.25, -0.2) is 4.98 Å². The van der Waals surface area contributed by atoms with Crippen LogP contribution in [-0.4, -0.2) is 22.0 Å². The average molecular weight is 272 g/mol.